The van der Waals surface area contributed by atoms with Crippen molar-refractivity contribution in [3.05, 3.63) is 52.4 Å². The van der Waals surface area contributed by atoms with Crippen LogP contribution < -0.4 is 19.8 Å². The van der Waals surface area contributed by atoms with Crippen LogP contribution in [-0.2, 0) is 11.3 Å². The Hall–Kier alpha value is -3.03. The first kappa shape index (κ1) is 20.3. The molecule has 0 saturated carbocycles. The lowest BCUT2D eigenvalue weighted by Gasteiger charge is -2.29. The summed E-state index contributed by atoms with van der Waals surface area (Å²) in [5.74, 6) is 1.95. The Balaban J connectivity index is 1.74. The van der Waals surface area contributed by atoms with Crippen LogP contribution in [-0.4, -0.2) is 46.1 Å². The molecule has 0 amide bonds. The van der Waals surface area contributed by atoms with Crippen LogP contribution in [0, 0.1) is 0 Å². The number of hydrogen-bond donors (Lipinski definition) is 0. The Kier molecular flexibility index (Phi) is 5.92. The van der Waals surface area contributed by atoms with E-state index in [1.807, 2.05) is 18.2 Å². The minimum Gasteiger partial charge on any atom is -0.497 e. The van der Waals surface area contributed by atoms with E-state index in [0.29, 0.717) is 48.1 Å². The molecule has 1 aliphatic rings. The zero-order valence-electron chi connectivity index (χ0n) is 17.4. The van der Waals surface area contributed by atoms with Crippen LogP contribution in [0.5, 0.6) is 17.2 Å². The molecule has 0 spiro atoms. The first-order chi connectivity index (χ1) is 14.6. The summed E-state index contributed by atoms with van der Waals surface area (Å²) >= 11 is 0. The Morgan fingerprint density at radius 2 is 1.90 bits per heavy atom. The SMILES string of the molecule is COCCCN1COc2ccc3cc(-c4ccc(OC)cc4OC)c(=O)oc3c2C1. The van der Waals surface area contributed by atoms with Crippen molar-refractivity contribution in [1.29, 1.82) is 0 Å². The average molecular weight is 411 g/mol. The highest BCUT2D eigenvalue weighted by atomic mass is 16.5. The molecule has 0 unspecified atom stereocenters. The first-order valence-corrected chi connectivity index (χ1v) is 9.81. The molecule has 158 valence electrons. The van der Waals surface area contributed by atoms with Gasteiger partial charge in [0.25, 0.3) is 0 Å². The third-order valence-electron chi connectivity index (χ3n) is 5.27. The van der Waals surface area contributed by atoms with Crippen LogP contribution in [0.3, 0.4) is 0 Å². The fourth-order valence-electron chi connectivity index (χ4n) is 3.72. The number of rotatable bonds is 7. The molecule has 1 aliphatic heterocycles. The molecule has 7 heteroatoms. The average Bonchev–Trinajstić information content (AvgIpc) is 2.78. The lowest BCUT2D eigenvalue weighted by atomic mass is 10.0. The van der Waals surface area contributed by atoms with Crippen LogP contribution in [0.25, 0.3) is 22.1 Å². The molecule has 0 bridgehead atoms. The van der Waals surface area contributed by atoms with Crippen molar-refractivity contribution < 1.29 is 23.4 Å². The Bertz CT molecular complexity index is 1110. The van der Waals surface area contributed by atoms with E-state index in [2.05, 4.69) is 4.90 Å². The van der Waals surface area contributed by atoms with E-state index in [1.165, 1.54) is 0 Å². The van der Waals surface area contributed by atoms with Gasteiger partial charge in [-0.05, 0) is 36.8 Å². The maximum atomic E-state index is 12.9. The maximum absolute atomic E-state index is 12.9. The molecule has 0 N–H and O–H groups in total. The van der Waals surface area contributed by atoms with Gasteiger partial charge in [-0.3, -0.25) is 4.90 Å². The third kappa shape index (κ3) is 3.86. The van der Waals surface area contributed by atoms with Gasteiger partial charge in [0.15, 0.2) is 0 Å². The fraction of sp³-hybridized carbons (Fsp3) is 0.348. The molecule has 2 heterocycles. The second-order valence-corrected chi connectivity index (χ2v) is 7.15. The summed E-state index contributed by atoms with van der Waals surface area (Å²) < 4.78 is 27.5. The predicted molar refractivity (Wildman–Crippen MR) is 113 cm³/mol. The van der Waals surface area contributed by atoms with Crippen LogP contribution in [0.4, 0.5) is 0 Å². The van der Waals surface area contributed by atoms with Crippen molar-refractivity contribution in [1.82, 2.24) is 4.90 Å². The van der Waals surface area contributed by atoms with E-state index in [4.69, 9.17) is 23.4 Å². The molecule has 30 heavy (non-hydrogen) atoms. The molecule has 1 aromatic heterocycles. The van der Waals surface area contributed by atoms with Crippen LogP contribution in [0.2, 0.25) is 0 Å². The minimum absolute atomic E-state index is 0.420. The lowest BCUT2D eigenvalue weighted by Crippen LogP contribution is -2.33. The van der Waals surface area contributed by atoms with E-state index in [0.717, 1.165) is 29.7 Å². The van der Waals surface area contributed by atoms with Crippen LogP contribution >= 0.6 is 0 Å². The summed E-state index contributed by atoms with van der Waals surface area (Å²) in [7, 11) is 4.84. The predicted octanol–water partition coefficient (Wildman–Crippen LogP) is 3.67. The molecule has 0 aliphatic carbocycles. The second-order valence-electron chi connectivity index (χ2n) is 7.15. The largest absolute Gasteiger partial charge is 0.497 e. The van der Waals surface area contributed by atoms with E-state index < -0.39 is 5.63 Å². The summed E-state index contributed by atoms with van der Waals surface area (Å²) in [5, 5.41) is 0.837. The lowest BCUT2D eigenvalue weighted by molar-refractivity contribution is 0.0837. The number of ether oxygens (including phenoxy) is 4. The van der Waals surface area contributed by atoms with Gasteiger partial charge in [0.05, 0.1) is 25.3 Å². The van der Waals surface area contributed by atoms with Gasteiger partial charge in [0.1, 0.15) is 29.6 Å². The molecule has 2 aromatic carbocycles. The molecule has 0 saturated heterocycles. The number of benzene rings is 2. The molecule has 4 rings (SSSR count). The number of fused-ring (bicyclic) bond motifs is 3. The molecule has 0 radical (unpaired) electrons. The highest BCUT2D eigenvalue weighted by molar-refractivity contribution is 5.87. The minimum atomic E-state index is -0.420. The van der Waals surface area contributed by atoms with E-state index in [9.17, 15) is 4.79 Å². The van der Waals surface area contributed by atoms with Crippen molar-refractivity contribution in [2.75, 3.05) is 41.2 Å². The monoisotopic (exact) mass is 411 g/mol. The van der Waals surface area contributed by atoms with E-state index in [-0.39, 0.29) is 0 Å². The number of nitrogens with zero attached hydrogens (tertiary/aromatic N) is 1. The van der Waals surface area contributed by atoms with Crippen LogP contribution in [0.1, 0.15) is 12.0 Å². The van der Waals surface area contributed by atoms with Gasteiger partial charge >= 0.3 is 5.63 Å². The second kappa shape index (κ2) is 8.77. The molecular weight excluding hydrogens is 386 g/mol. The molecule has 0 fully saturated rings. The van der Waals surface area contributed by atoms with Crippen molar-refractivity contribution in [3.63, 3.8) is 0 Å². The summed E-state index contributed by atoms with van der Waals surface area (Å²) in [6.45, 7) is 2.70. The van der Waals surface area contributed by atoms with Crippen molar-refractivity contribution in [2.24, 2.45) is 0 Å². The highest BCUT2D eigenvalue weighted by Crippen LogP contribution is 2.36. The van der Waals surface area contributed by atoms with Crippen molar-refractivity contribution >= 4 is 11.0 Å². The zero-order valence-corrected chi connectivity index (χ0v) is 17.4. The van der Waals surface area contributed by atoms with Gasteiger partial charge in [-0.15, -0.1) is 0 Å². The topological polar surface area (TPSA) is 70.4 Å². The van der Waals surface area contributed by atoms with Gasteiger partial charge in [0, 0.05) is 43.8 Å². The van der Waals surface area contributed by atoms with Crippen molar-refractivity contribution in [2.45, 2.75) is 13.0 Å². The summed E-state index contributed by atoms with van der Waals surface area (Å²) in [5.41, 5.74) is 2.13. The quantitative estimate of drug-likeness (QED) is 0.434. The molecular formula is C23H25NO6. The standard InChI is InChI=1S/C23H25NO6/c1-26-10-4-9-24-13-19-20(29-14-24)8-5-15-11-18(23(25)30-22(15)19)17-7-6-16(27-2)12-21(17)28-3/h5-8,11-12H,4,9-10,13-14H2,1-3H3. The van der Waals surface area contributed by atoms with Gasteiger partial charge < -0.3 is 23.4 Å². The maximum Gasteiger partial charge on any atom is 0.344 e. The Labute approximate surface area is 174 Å². The van der Waals surface area contributed by atoms with E-state index in [1.54, 1.807) is 39.5 Å². The van der Waals surface area contributed by atoms with Gasteiger partial charge in [-0.25, -0.2) is 4.79 Å². The van der Waals surface area contributed by atoms with E-state index >= 15 is 0 Å². The smallest absolute Gasteiger partial charge is 0.344 e. The highest BCUT2D eigenvalue weighted by Gasteiger charge is 2.22. The summed E-state index contributed by atoms with van der Waals surface area (Å²) in [4.78, 5) is 15.1. The van der Waals surface area contributed by atoms with Crippen molar-refractivity contribution in [3.8, 4) is 28.4 Å². The third-order valence-corrected chi connectivity index (χ3v) is 5.27. The number of hydrogen-bond acceptors (Lipinski definition) is 7. The van der Waals surface area contributed by atoms with Crippen LogP contribution in [0.15, 0.2) is 45.6 Å². The Morgan fingerprint density at radius 3 is 2.67 bits per heavy atom. The molecule has 3 aromatic rings. The summed E-state index contributed by atoms with van der Waals surface area (Å²) in [6.07, 6.45) is 0.908. The first-order valence-electron chi connectivity index (χ1n) is 9.81. The fourth-order valence-corrected chi connectivity index (χ4v) is 3.72. The number of methoxy groups -OCH3 is 3. The molecule has 0 atom stereocenters. The van der Waals surface area contributed by atoms with Gasteiger partial charge in [-0.1, -0.05) is 0 Å². The zero-order chi connectivity index (χ0) is 21.1. The van der Waals surface area contributed by atoms with Gasteiger partial charge in [-0.2, -0.15) is 0 Å². The normalized spacial score (nSPS) is 13.7. The van der Waals surface area contributed by atoms with Gasteiger partial charge in [0.2, 0.25) is 0 Å². The summed E-state index contributed by atoms with van der Waals surface area (Å²) in [6, 6.07) is 11.0. The molecule has 7 nitrogen and oxygen atoms in total. The Morgan fingerprint density at radius 1 is 1.03 bits per heavy atom.